The van der Waals surface area contributed by atoms with E-state index in [2.05, 4.69) is 51.6 Å². The topological polar surface area (TPSA) is 116 Å². The molecule has 3 atom stereocenters. The van der Waals surface area contributed by atoms with Crippen LogP contribution in [0.25, 0.3) is 0 Å². The number of carbonyl (C=O) groups excluding carboxylic acids is 3. The Hall–Kier alpha value is -4.25. The van der Waals surface area contributed by atoms with Crippen LogP contribution in [0.3, 0.4) is 0 Å². The Bertz CT molecular complexity index is 1500. The van der Waals surface area contributed by atoms with Crippen LogP contribution in [-0.4, -0.2) is 94.1 Å². The molecule has 2 aromatic carbocycles. The van der Waals surface area contributed by atoms with Crippen LogP contribution in [0, 0.1) is 19.8 Å². The van der Waals surface area contributed by atoms with Gasteiger partial charge in [-0.25, -0.2) is 9.67 Å². The summed E-state index contributed by atoms with van der Waals surface area (Å²) >= 11 is 0. The number of carbonyl (C=O) groups is 3. The second kappa shape index (κ2) is 16.0. The van der Waals surface area contributed by atoms with Crippen LogP contribution in [0.5, 0.6) is 0 Å². The van der Waals surface area contributed by atoms with Crippen molar-refractivity contribution in [2.45, 2.75) is 72.0 Å². The predicted octanol–water partition coefficient (Wildman–Crippen LogP) is 3.27. The summed E-state index contributed by atoms with van der Waals surface area (Å²) in [4.78, 5) is 51.9. The second-order valence-electron chi connectivity index (χ2n) is 13.0. The second-order valence-corrected chi connectivity index (χ2v) is 13.0. The molecule has 1 aromatic heterocycles. The highest BCUT2D eigenvalue weighted by molar-refractivity contribution is 5.88. The largest absolute Gasteiger partial charge is 0.369 e. The SMILES string of the molecule is CC[C@H](C)[C@@H]1NC(=O)CCCN(C(=O)CN2CCN(c3cccc(C)c3)CC2)CCn2nc(C)nc2[C@H](Cc2ccccc2)NC1=O. The predicted molar refractivity (Wildman–Crippen MR) is 183 cm³/mol. The van der Waals surface area contributed by atoms with Gasteiger partial charge in [0.15, 0.2) is 0 Å². The fourth-order valence-corrected chi connectivity index (χ4v) is 6.45. The van der Waals surface area contributed by atoms with Crippen molar-refractivity contribution >= 4 is 23.4 Å². The van der Waals surface area contributed by atoms with E-state index in [9.17, 15) is 14.4 Å². The summed E-state index contributed by atoms with van der Waals surface area (Å²) in [6.07, 6.45) is 2.00. The van der Waals surface area contributed by atoms with Gasteiger partial charge in [0.05, 0.1) is 19.1 Å². The number of hydrogen-bond acceptors (Lipinski definition) is 7. The molecule has 252 valence electrons. The average molecular weight is 643 g/mol. The van der Waals surface area contributed by atoms with Gasteiger partial charge in [-0.15, -0.1) is 0 Å². The van der Waals surface area contributed by atoms with Gasteiger partial charge in [0.25, 0.3) is 0 Å². The van der Waals surface area contributed by atoms with Crippen molar-refractivity contribution < 1.29 is 14.4 Å². The monoisotopic (exact) mass is 642 g/mol. The number of nitrogens with zero attached hydrogens (tertiary/aromatic N) is 6. The first kappa shape index (κ1) is 34.1. The molecule has 2 aliphatic heterocycles. The minimum atomic E-state index is -0.678. The Labute approximate surface area is 278 Å². The van der Waals surface area contributed by atoms with Crippen LogP contribution in [0.15, 0.2) is 54.6 Å². The van der Waals surface area contributed by atoms with Crippen LogP contribution in [-0.2, 0) is 27.3 Å². The van der Waals surface area contributed by atoms with Gasteiger partial charge in [0, 0.05) is 51.4 Å². The number of rotatable bonds is 7. The van der Waals surface area contributed by atoms with E-state index in [1.165, 1.54) is 11.3 Å². The molecular formula is C36H50N8O3. The summed E-state index contributed by atoms with van der Waals surface area (Å²) in [7, 11) is 0. The van der Waals surface area contributed by atoms with E-state index in [1.54, 1.807) is 0 Å². The van der Waals surface area contributed by atoms with Crippen molar-refractivity contribution in [2.24, 2.45) is 5.92 Å². The molecule has 2 N–H and O–H groups in total. The third-order valence-corrected chi connectivity index (χ3v) is 9.39. The summed E-state index contributed by atoms with van der Waals surface area (Å²) in [6, 6.07) is 17.4. The first-order valence-electron chi connectivity index (χ1n) is 17.1. The van der Waals surface area contributed by atoms with Crippen molar-refractivity contribution in [1.29, 1.82) is 0 Å². The third-order valence-electron chi connectivity index (χ3n) is 9.39. The van der Waals surface area contributed by atoms with Gasteiger partial charge >= 0.3 is 0 Å². The van der Waals surface area contributed by atoms with E-state index in [0.717, 1.165) is 38.2 Å². The van der Waals surface area contributed by atoms with Gasteiger partial charge in [-0.1, -0.05) is 62.7 Å². The summed E-state index contributed by atoms with van der Waals surface area (Å²) < 4.78 is 1.84. The Morgan fingerprint density at radius 3 is 2.43 bits per heavy atom. The Kier molecular flexibility index (Phi) is 11.6. The highest BCUT2D eigenvalue weighted by Gasteiger charge is 2.31. The van der Waals surface area contributed by atoms with Crippen molar-refractivity contribution in [1.82, 2.24) is 35.2 Å². The molecule has 0 unspecified atom stereocenters. The van der Waals surface area contributed by atoms with E-state index >= 15 is 0 Å². The van der Waals surface area contributed by atoms with Crippen LogP contribution < -0.4 is 15.5 Å². The lowest BCUT2D eigenvalue weighted by Crippen LogP contribution is -2.52. The zero-order chi connectivity index (χ0) is 33.3. The number of fused-ring (bicyclic) bond motifs is 1. The Morgan fingerprint density at radius 1 is 0.936 bits per heavy atom. The lowest BCUT2D eigenvalue weighted by atomic mass is 9.97. The van der Waals surface area contributed by atoms with Gasteiger partial charge in [0.1, 0.15) is 17.7 Å². The Morgan fingerprint density at radius 2 is 1.70 bits per heavy atom. The summed E-state index contributed by atoms with van der Waals surface area (Å²) in [5.41, 5.74) is 3.51. The fourth-order valence-electron chi connectivity index (χ4n) is 6.45. The fraction of sp³-hybridized carbons (Fsp3) is 0.528. The van der Waals surface area contributed by atoms with E-state index in [4.69, 9.17) is 10.1 Å². The molecule has 0 bridgehead atoms. The number of aromatic nitrogens is 3. The number of hydrogen-bond donors (Lipinski definition) is 2. The van der Waals surface area contributed by atoms with Crippen molar-refractivity contribution in [3.8, 4) is 0 Å². The first-order valence-corrected chi connectivity index (χ1v) is 17.1. The molecular weight excluding hydrogens is 592 g/mol. The number of amides is 3. The summed E-state index contributed by atoms with van der Waals surface area (Å²) in [6.45, 7) is 12.9. The van der Waals surface area contributed by atoms with Crippen molar-refractivity contribution in [3.05, 3.63) is 77.4 Å². The van der Waals surface area contributed by atoms with Gasteiger partial charge < -0.3 is 20.4 Å². The molecule has 0 saturated carbocycles. The van der Waals surface area contributed by atoms with Gasteiger partial charge in [-0.05, 0) is 55.9 Å². The maximum absolute atomic E-state index is 13.8. The molecule has 0 radical (unpaired) electrons. The van der Waals surface area contributed by atoms with E-state index < -0.39 is 12.1 Å². The molecule has 5 rings (SSSR count). The molecule has 11 heteroatoms. The highest BCUT2D eigenvalue weighted by atomic mass is 16.2. The minimum absolute atomic E-state index is 0.0477. The molecule has 47 heavy (non-hydrogen) atoms. The minimum Gasteiger partial charge on any atom is -0.369 e. The number of nitrogens with one attached hydrogen (secondary N) is 2. The molecule has 11 nitrogen and oxygen atoms in total. The van der Waals surface area contributed by atoms with Gasteiger partial charge in [-0.3, -0.25) is 19.3 Å². The molecule has 1 fully saturated rings. The number of benzene rings is 2. The lowest BCUT2D eigenvalue weighted by Gasteiger charge is -2.37. The molecule has 3 heterocycles. The van der Waals surface area contributed by atoms with Crippen LogP contribution in [0.2, 0.25) is 0 Å². The molecule has 2 aliphatic rings. The normalized spacial score (nSPS) is 20.9. The highest BCUT2D eigenvalue weighted by Crippen LogP contribution is 2.21. The van der Waals surface area contributed by atoms with E-state index in [1.807, 2.05) is 60.7 Å². The van der Waals surface area contributed by atoms with E-state index in [-0.39, 0.29) is 30.1 Å². The molecule has 0 aliphatic carbocycles. The average Bonchev–Trinajstić information content (AvgIpc) is 3.44. The maximum atomic E-state index is 13.8. The Balaban J connectivity index is 1.34. The standard InChI is InChI=1S/C36H50N8O3/c1-5-27(3)34-36(47)38-31(24-29-12-7-6-8-13-29)35-37-28(4)40-44(35)22-21-43(16-10-15-32(45)39-34)33(46)25-41-17-19-42(20-18-41)30-14-9-11-26(2)23-30/h6-9,11-14,23,27,31,34H,5,10,15-22,24-25H2,1-4H3,(H,38,47)(H,39,45)/t27-,31-,34-/m0/s1. The zero-order valence-corrected chi connectivity index (χ0v) is 28.3. The van der Waals surface area contributed by atoms with Crippen LogP contribution in [0.4, 0.5) is 5.69 Å². The zero-order valence-electron chi connectivity index (χ0n) is 28.3. The molecule has 0 spiro atoms. The molecule has 3 amide bonds. The number of anilines is 1. The van der Waals surface area contributed by atoms with Crippen LogP contribution >= 0.6 is 0 Å². The van der Waals surface area contributed by atoms with Crippen LogP contribution in [0.1, 0.15) is 61.9 Å². The van der Waals surface area contributed by atoms with Gasteiger partial charge in [0.2, 0.25) is 17.7 Å². The molecule has 1 saturated heterocycles. The summed E-state index contributed by atoms with van der Waals surface area (Å²) in [5.74, 6) is 0.830. The lowest BCUT2D eigenvalue weighted by molar-refractivity contribution is -0.133. The molecule has 3 aromatic rings. The quantitative estimate of drug-likeness (QED) is 0.407. The maximum Gasteiger partial charge on any atom is 0.243 e. The number of aryl methyl sites for hydroxylation is 2. The number of piperazine rings is 1. The first-order chi connectivity index (χ1) is 22.7. The van der Waals surface area contributed by atoms with E-state index in [0.29, 0.717) is 50.7 Å². The van der Waals surface area contributed by atoms with Crippen molar-refractivity contribution in [3.63, 3.8) is 0 Å². The smallest absolute Gasteiger partial charge is 0.243 e. The summed E-state index contributed by atoms with van der Waals surface area (Å²) in [5, 5.41) is 10.9. The third kappa shape index (κ3) is 9.18. The van der Waals surface area contributed by atoms with Gasteiger partial charge in [-0.2, -0.15) is 5.10 Å². The van der Waals surface area contributed by atoms with Crippen molar-refractivity contribution in [2.75, 3.05) is 50.7 Å².